The maximum absolute atomic E-state index is 12.5. The highest BCUT2D eigenvalue weighted by Crippen LogP contribution is 2.28. The first-order valence-electron chi connectivity index (χ1n) is 6.94. The Morgan fingerprint density at radius 2 is 1.91 bits per heavy atom. The van der Waals surface area contributed by atoms with E-state index in [0.29, 0.717) is 5.56 Å². The van der Waals surface area contributed by atoms with Crippen molar-refractivity contribution in [2.75, 3.05) is 6.54 Å². The molecular formula is C15H17N3O5. The first-order valence-corrected chi connectivity index (χ1v) is 6.94. The van der Waals surface area contributed by atoms with Crippen LogP contribution in [0.15, 0.2) is 30.3 Å². The predicted octanol–water partition coefficient (Wildman–Crippen LogP) is -0.129. The molecule has 8 heteroatoms. The minimum absolute atomic E-state index is 0.572. The van der Waals surface area contributed by atoms with Gasteiger partial charge in [0.1, 0.15) is 12.1 Å². The van der Waals surface area contributed by atoms with Gasteiger partial charge in [-0.15, -0.1) is 0 Å². The lowest BCUT2D eigenvalue weighted by Crippen LogP contribution is -2.42. The smallest absolute Gasteiger partial charge is 0.327 e. The lowest BCUT2D eigenvalue weighted by molar-refractivity contribution is -0.155. The minimum Gasteiger partial charge on any atom is -0.451 e. The molecule has 1 saturated heterocycles. The molecule has 0 saturated carbocycles. The Hall–Kier alpha value is -2.90. The van der Waals surface area contributed by atoms with Crippen molar-refractivity contribution < 1.29 is 23.9 Å². The summed E-state index contributed by atoms with van der Waals surface area (Å²) in [6.07, 6.45) is -1.14. The third-order valence-electron chi connectivity index (χ3n) is 3.62. The van der Waals surface area contributed by atoms with Crippen LogP contribution in [0.1, 0.15) is 19.4 Å². The molecule has 1 fully saturated rings. The summed E-state index contributed by atoms with van der Waals surface area (Å²) in [5.41, 5.74) is 4.33. The lowest BCUT2D eigenvalue weighted by Gasteiger charge is -2.22. The maximum Gasteiger partial charge on any atom is 0.327 e. The average Bonchev–Trinajstić information content (AvgIpc) is 2.72. The van der Waals surface area contributed by atoms with Crippen LogP contribution >= 0.6 is 0 Å². The molecular weight excluding hydrogens is 302 g/mol. The van der Waals surface area contributed by atoms with E-state index in [9.17, 15) is 19.2 Å². The molecule has 0 aromatic heterocycles. The molecule has 2 atom stereocenters. The highest BCUT2D eigenvalue weighted by Gasteiger charge is 2.49. The Bertz CT molecular complexity index is 660. The number of carbonyl (C=O) groups is 4. The first-order chi connectivity index (χ1) is 10.8. The summed E-state index contributed by atoms with van der Waals surface area (Å²) in [5.74, 6) is -2.28. The van der Waals surface area contributed by atoms with Crippen LogP contribution in [-0.2, 0) is 24.7 Å². The van der Waals surface area contributed by atoms with E-state index in [-0.39, 0.29) is 0 Å². The number of urea groups is 1. The van der Waals surface area contributed by atoms with Gasteiger partial charge in [-0.05, 0) is 19.4 Å². The van der Waals surface area contributed by atoms with Gasteiger partial charge in [-0.2, -0.15) is 0 Å². The molecule has 4 amide bonds. The molecule has 1 heterocycles. The van der Waals surface area contributed by atoms with Gasteiger partial charge >= 0.3 is 12.0 Å². The van der Waals surface area contributed by atoms with Crippen molar-refractivity contribution in [3.63, 3.8) is 0 Å². The molecule has 1 aliphatic heterocycles. The predicted molar refractivity (Wildman–Crippen MR) is 78.8 cm³/mol. The van der Waals surface area contributed by atoms with Crippen LogP contribution in [0.25, 0.3) is 0 Å². The molecule has 8 nitrogen and oxygen atoms in total. The molecule has 1 aromatic carbocycles. The van der Waals surface area contributed by atoms with E-state index in [0.717, 1.165) is 4.90 Å². The SMILES string of the molecule is C[C@@H](OC(=O)CN1C(=O)N[C@@](C)(c2ccccc2)C1=O)C(N)=O. The van der Waals surface area contributed by atoms with Gasteiger partial charge in [-0.25, -0.2) is 4.79 Å². The van der Waals surface area contributed by atoms with E-state index < -0.39 is 42.0 Å². The van der Waals surface area contributed by atoms with Crippen LogP contribution < -0.4 is 11.1 Å². The van der Waals surface area contributed by atoms with Crippen molar-refractivity contribution in [2.24, 2.45) is 5.73 Å². The summed E-state index contributed by atoms with van der Waals surface area (Å²) in [4.78, 5) is 47.9. The van der Waals surface area contributed by atoms with E-state index in [1.165, 1.54) is 6.92 Å². The molecule has 3 N–H and O–H groups in total. The summed E-state index contributed by atoms with van der Waals surface area (Å²) in [6, 6.07) is 7.97. The first kappa shape index (κ1) is 16.5. The summed E-state index contributed by atoms with van der Waals surface area (Å²) in [7, 11) is 0. The third kappa shape index (κ3) is 3.15. The number of hydrogen-bond acceptors (Lipinski definition) is 5. The number of imide groups is 1. The largest absolute Gasteiger partial charge is 0.451 e. The quantitative estimate of drug-likeness (QED) is 0.579. The van der Waals surface area contributed by atoms with E-state index >= 15 is 0 Å². The number of carbonyl (C=O) groups excluding carboxylic acids is 4. The summed E-state index contributed by atoms with van der Waals surface area (Å²) in [5, 5.41) is 2.57. The Morgan fingerprint density at radius 3 is 2.48 bits per heavy atom. The molecule has 0 unspecified atom stereocenters. The van der Waals surface area contributed by atoms with Crippen molar-refractivity contribution in [1.29, 1.82) is 0 Å². The molecule has 1 aromatic rings. The number of ether oxygens (including phenoxy) is 1. The van der Waals surface area contributed by atoms with Crippen LogP contribution in [0, 0.1) is 0 Å². The monoisotopic (exact) mass is 319 g/mol. The van der Waals surface area contributed by atoms with Crippen LogP contribution in [0.5, 0.6) is 0 Å². The number of nitrogens with two attached hydrogens (primary N) is 1. The second-order valence-electron chi connectivity index (χ2n) is 5.35. The van der Waals surface area contributed by atoms with Crippen LogP contribution in [0.3, 0.4) is 0 Å². The summed E-state index contributed by atoms with van der Waals surface area (Å²) in [6.45, 7) is 2.27. The van der Waals surface area contributed by atoms with Crippen molar-refractivity contribution in [3.05, 3.63) is 35.9 Å². The Labute approximate surface area is 132 Å². The maximum atomic E-state index is 12.5. The third-order valence-corrected chi connectivity index (χ3v) is 3.62. The number of benzene rings is 1. The van der Waals surface area contributed by atoms with Crippen molar-refractivity contribution in [2.45, 2.75) is 25.5 Å². The molecule has 2 rings (SSSR count). The fraction of sp³-hybridized carbons (Fsp3) is 0.333. The second kappa shape index (κ2) is 6.07. The van der Waals surface area contributed by atoms with Gasteiger partial charge < -0.3 is 15.8 Å². The van der Waals surface area contributed by atoms with Gasteiger partial charge in [0.15, 0.2) is 6.10 Å². The van der Waals surface area contributed by atoms with Crippen LogP contribution in [-0.4, -0.2) is 41.4 Å². The van der Waals surface area contributed by atoms with Crippen LogP contribution in [0.4, 0.5) is 4.79 Å². The summed E-state index contributed by atoms with van der Waals surface area (Å²) < 4.78 is 4.76. The van der Waals surface area contributed by atoms with Gasteiger partial charge in [0.05, 0.1) is 0 Å². The number of nitrogens with zero attached hydrogens (tertiary/aromatic N) is 1. The van der Waals surface area contributed by atoms with Gasteiger partial charge in [-0.3, -0.25) is 19.3 Å². The fourth-order valence-electron chi connectivity index (χ4n) is 2.23. The van der Waals surface area contributed by atoms with Crippen molar-refractivity contribution >= 4 is 23.8 Å². The summed E-state index contributed by atoms with van der Waals surface area (Å²) >= 11 is 0. The molecule has 23 heavy (non-hydrogen) atoms. The van der Waals surface area contributed by atoms with Crippen molar-refractivity contribution in [1.82, 2.24) is 10.2 Å². The van der Waals surface area contributed by atoms with E-state index in [1.807, 2.05) is 0 Å². The Balaban J connectivity index is 2.13. The molecule has 0 radical (unpaired) electrons. The topological polar surface area (TPSA) is 119 Å². The number of nitrogens with one attached hydrogen (secondary N) is 1. The molecule has 0 spiro atoms. The van der Waals surface area contributed by atoms with E-state index in [2.05, 4.69) is 5.32 Å². The van der Waals surface area contributed by atoms with E-state index in [4.69, 9.17) is 10.5 Å². The number of rotatable bonds is 5. The minimum atomic E-state index is -1.26. The Kier molecular flexibility index (Phi) is 4.35. The van der Waals surface area contributed by atoms with Crippen LogP contribution in [0.2, 0.25) is 0 Å². The second-order valence-corrected chi connectivity index (χ2v) is 5.35. The molecule has 0 aliphatic carbocycles. The molecule has 122 valence electrons. The normalized spacial score (nSPS) is 21.7. The van der Waals surface area contributed by atoms with Gasteiger partial charge in [0.25, 0.3) is 11.8 Å². The highest BCUT2D eigenvalue weighted by atomic mass is 16.5. The zero-order valence-electron chi connectivity index (χ0n) is 12.7. The number of amides is 4. The Morgan fingerprint density at radius 1 is 1.30 bits per heavy atom. The zero-order chi connectivity index (χ0) is 17.2. The fourth-order valence-corrected chi connectivity index (χ4v) is 2.23. The van der Waals surface area contributed by atoms with Gasteiger partial charge in [0, 0.05) is 0 Å². The average molecular weight is 319 g/mol. The number of hydrogen-bond donors (Lipinski definition) is 2. The number of esters is 1. The van der Waals surface area contributed by atoms with Gasteiger partial charge in [-0.1, -0.05) is 30.3 Å². The zero-order valence-corrected chi connectivity index (χ0v) is 12.7. The highest BCUT2D eigenvalue weighted by molar-refractivity contribution is 6.08. The van der Waals surface area contributed by atoms with E-state index in [1.54, 1.807) is 37.3 Å². The molecule has 0 bridgehead atoms. The molecule has 1 aliphatic rings. The lowest BCUT2D eigenvalue weighted by atomic mass is 9.92. The number of primary amides is 1. The van der Waals surface area contributed by atoms with Gasteiger partial charge in [0.2, 0.25) is 0 Å². The van der Waals surface area contributed by atoms with Crippen molar-refractivity contribution in [3.8, 4) is 0 Å². The standard InChI is InChI=1S/C15H17N3O5/c1-9(12(16)20)23-11(19)8-18-13(21)15(2,17-14(18)22)10-6-4-3-5-7-10/h3-7,9H,8H2,1-2H3,(H2,16,20)(H,17,22)/t9-,15+/m1/s1.